The zero-order chi connectivity index (χ0) is 18.8. The Labute approximate surface area is 150 Å². The van der Waals surface area contributed by atoms with Crippen molar-refractivity contribution < 1.29 is 18.1 Å². The number of anilines is 1. The third-order valence-electron chi connectivity index (χ3n) is 3.19. The van der Waals surface area contributed by atoms with E-state index in [1.165, 1.54) is 6.07 Å². The predicted octanol–water partition coefficient (Wildman–Crippen LogP) is 5.76. The van der Waals surface area contributed by atoms with Crippen molar-refractivity contribution in [2.24, 2.45) is 5.10 Å². The molecular weight excluding hydrogens is 382 g/mol. The average molecular weight is 392 g/mol. The first-order valence-corrected chi connectivity index (χ1v) is 7.46. The van der Waals surface area contributed by atoms with E-state index >= 15 is 0 Å². The van der Waals surface area contributed by atoms with Crippen molar-refractivity contribution in [1.82, 2.24) is 0 Å². The second kappa shape index (κ2) is 7.28. The van der Waals surface area contributed by atoms with Crippen LogP contribution in [0.25, 0.3) is 0 Å². The summed E-state index contributed by atoms with van der Waals surface area (Å²) in [5, 5.41) is 15.7. The van der Waals surface area contributed by atoms with Crippen LogP contribution < -0.4 is 5.43 Å². The number of nitrogens with zero attached hydrogens (tertiary/aromatic N) is 2. The van der Waals surface area contributed by atoms with Crippen LogP contribution in [0, 0.1) is 10.1 Å². The Hall–Kier alpha value is -2.32. The normalized spacial score (nSPS) is 12.2. The summed E-state index contributed by atoms with van der Waals surface area (Å²) >= 11 is 11.8. The van der Waals surface area contributed by atoms with E-state index in [4.69, 9.17) is 23.2 Å². The number of nitro groups is 1. The minimum atomic E-state index is -4.68. The molecule has 0 unspecified atom stereocenters. The van der Waals surface area contributed by atoms with Gasteiger partial charge in [-0.25, -0.2) is 0 Å². The van der Waals surface area contributed by atoms with Gasteiger partial charge in [0, 0.05) is 16.7 Å². The second-order valence-electron chi connectivity index (χ2n) is 4.92. The van der Waals surface area contributed by atoms with E-state index < -0.39 is 22.4 Å². The minimum Gasteiger partial charge on any atom is -0.271 e. The van der Waals surface area contributed by atoms with Crippen molar-refractivity contribution in [3.8, 4) is 0 Å². The fourth-order valence-electron chi connectivity index (χ4n) is 1.94. The molecular formula is C15H10Cl2F3N3O2. The number of halogens is 5. The van der Waals surface area contributed by atoms with Gasteiger partial charge in [-0.05, 0) is 31.2 Å². The van der Waals surface area contributed by atoms with Crippen LogP contribution in [0.2, 0.25) is 10.0 Å². The molecule has 132 valence electrons. The average Bonchev–Trinajstić information content (AvgIpc) is 2.51. The Morgan fingerprint density at radius 3 is 2.44 bits per heavy atom. The van der Waals surface area contributed by atoms with Crippen molar-refractivity contribution in [2.45, 2.75) is 13.1 Å². The number of rotatable bonds is 4. The molecule has 0 atom stereocenters. The highest BCUT2D eigenvalue weighted by atomic mass is 35.5. The lowest BCUT2D eigenvalue weighted by molar-refractivity contribution is -0.384. The fraction of sp³-hybridized carbons (Fsp3) is 0.133. The maximum atomic E-state index is 12.7. The first-order chi connectivity index (χ1) is 11.6. The lowest BCUT2D eigenvalue weighted by Gasteiger charge is -2.09. The summed E-state index contributed by atoms with van der Waals surface area (Å²) in [5.41, 5.74) is 1.25. The third kappa shape index (κ3) is 4.61. The molecule has 0 saturated heterocycles. The molecule has 0 fully saturated rings. The topological polar surface area (TPSA) is 67.5 Å². The smallest absolute Gasteiger partial charge is 0.271 e. The Balaban J connectivity index is 2.34. The Kier molecular flexibility index (Phi) is 5.54. The number of nitro benzene ring substituents is 1. The van der Waals surface area contributed by atoms with Crippen LogP contribution in [0.1, 0.15) is 18.1 Å². The van der Waals surface area contributed by atoms with E-state index in [0.717, 1.165) is 12.1 Å². The highest BCUT2D eigenvalue weighted by Crippen LogP contribution is 2.35. The van der Waals surface area contributed by atoms with E-state index in [-0.39, 0.29) is 5.69 Å². The fourth-order valence-corrected chi connectivity index (χ4v) is 2.49. The largest absolute Gasteiger partial charge is 0.416 e. The number of hydrazone groups is 1. The summed E-state index contributed by atoms with van der Waals surface area (Å²) in [4.78, 5) is 10.1. The van der Waals surface area contributed by atoms with Crippen LogP contribution in [0.3, 0.4) is 0 Å². The van der Waals surface area contributed by atoms with Crippen molar-refractivity contribution >= 4 is 40.3 Å². The van der Waals surface area contributed by atoms with Crippen LogP contribution in [-0.2, 0) is 6.18 Å². The van der Waals surface area contributed by atoms with Gasteiger partial charge in [-0.15, -0.1) is 0 Å². The van der Waals surface area contributed by atoms with Crippen molar-refractivity contribution in [1.29, 1.82) is 0 Å². The van der Waals surface area contributed by atoms with Gasteiger partial charge in [0.05, 0.1) is 21.2 Å². The minimum absolute atomic E-state index is 0.178. The van der Waals surface area contributed by atoms with Gasteiger partial charge >= 0.3 is 6.18 Å². The van der Waals surface area contributed by atoms with Crippen molar-refractivity contribution in [3.05, 3.63) is 67.7 Å². The van der Waals surface area contributed by atoms with Gasteiger partial charge in [0.25, 0.3) is 5.69 Å². The highest BCUT2D eigenvalue weighted by molar-refractivity contribution is 6.37. The molecule has 0 heterocycles. The summed E-state index contributed by atoms with van der Waals surface area (Å²) in [7, 11) is 0. The zero-order valence-electron chi connectivity index (χ0n) is 12.6. The Morgan fingerprint density at radius 2 is 1.88 bits per heavy atom. The van der Waals surface area contributed by atoms with Crippen LogP contribution in [0.15, 0.2) is 41.5 Å². The summed E-state index contributed by atoms with van der Waals surface area (Å²) in [6, 6.07) is 6.81. The molecule has 5 nitrogen and oxygen atoms in total. The van der Waals surface area contributed by atoms with E-state index in [2.05, 4.69) is 10.5 Å². The summed E-state index contributed by atoms with van der Waals surface area (Å²) in [6.07, 6.45) is -4.68. The monoisotopic (exact) mass is 391 g/mol. The number of benzene rings is 2. The van der Waals surface area contributed by atoms with Gasteiger partial charge in [-0.1, -0.05) is 29.3 Å². The first kappa shape index (κ1) is 19.0. The first-order valence-electron chi connectivity index (χ1n) is 6.71. The predicted molar refractivity (Wildman–Crippen MR) is 90.4 cm³/mol. The molecule has 10 heteroatoms. The quantitative estimate of drug-likeness (QED) is 0.409. The number of alkyl halides is 3. The SMILES string of the molecule is CC(=NNc1ccc(C(F)(F)F)cc1[N+](=O)[O-])c1ccc(Cl)cc1Cl. The number of hydrogen-bond acceptors (Lipinski definition) is 4. The van der Waals surface area contributed by atoms with E-state index in [9.17, 15) is 23.3 Å². The molecule has 0 spiro atoms. The van der Waals surface area contributed by atoms with E-state index in [0.29, 0.717) is 27.4 Å². The maximum absolute atomic E-state index is 12.7. The Morgan fingerprint density at radius 1 is 1.20 bits per heavy atom. The van der Waals surface area contributed by atoms with Gasteiger partial charge in [-0.2, -0.15) is 18.3 Å². The van der Waals surface area contributed by atoms with Crippen LogP contribution in [0.4, 0.5) is 24.5 Å². The molecule has 0 amide bonds. The molecule has 0 aromatic heterocycles. The summed E-state index contributed by atoms with van der Waals surface area (Å²) in [6.45, 7) is 1.58. The molecule has 0 aliphatic carbocycles. The molecule has 0 aliphatic heterocycles. The van der Waals surface area contributed by atoms with Crippen LogP contribution in [-0.4, -0.2) is 10.6 Å². The van der Waals surface area contributed by atoms with Crippen molar-refractivity contribution in [3.63, 3.8) is 0 Å². The van der Waals surface area contributed by atoms with Gasteiger partial charge in [0.2, 0.25) is 0 Å². The number of nitrogens with one attached hydrogen (secondary N) is 1. The molecule has 0 radical (unpaired) electrons. The molecule has 0 saturated carbocycles. The third-order valence-corrected chi connectivity index (χ3v) is 3.73. The molecule has 0 bridgehead atoms. The highest BCUT2D eigenvalue weighted by Gasteiger charge is 2.33. The lowest BCUT2D eigenvalue weighted by atomic mass is 10.1. The standard InChI is InChI=1S/C15H10Cl2F3N3O2/c1-8(11-4-3-10(16)7-12(11)17)21-22-13-5-2-9(15(18,19)20)6-14(13)23(24)25/h2-7,22H,1H3. The van der Waals surface area contributed by atoms with Crippen LogP contribution in [0.5, 0.6) is 0 Å². The van der Waals surface area contributed by atoms with E-state index in [1.807, 2.05) is 0 Å². The maximum Gasteiger partial charge on any atom is 0.416 e. The van der Waals surface area contributed by atoms with Gasteiger partial charge in [-0.3, -0.25) is 15.5 Å². The zero-order valence-corrected chi connectivity index (χ0v) is 14.1. The summed E-state index contributed by atoms with van der Waals surface area (Å²) < 4.78 is 38.0. The van der Waals surface area contributed by atoms with Crippen molar-refractivity contribution in [2.75, 3.05) is 5.43 Å². The van der Waals surface area contributed by atoms with Gasteiger partial charge < -0.3 is 0 Å². The molecule has 0 aliphatic rings. The Bertz CT molecular complexity index is 854. The molecule has 2 aromatic rings. The molecule has 2 rings (SSSR count). The number of hydrogen-bond donors (Lipinski definition) is 1. The second-order valence-corrected chi connectivity index (χ2v) is 5.76. The lowest BCUT2D eigenvalue weighted by Crippen LogP contribution is -2.07. The van der Waals surface area contributed by atoms with Crippen LogP contribution >= 0.6 is 23.2 Å². The molecule has 2 aromatic carbocycles. The summed E-state index contributed by atoms with van der Waals surface area (Å²) in [5.74, 6) is 0. The van der Waals surface area contributed by atoms with E-state index in [1.54, 1.807) is 19.1 Å². The molecule has 1 N–H and O–H groups in total. The molecule has 25 heavy (non-hydrogen) atoms. The van der Waals surface area contributed by atoms with Gasteiger partial charge in [0.15, 0.2) is 0 Å². The van der Waals surface area contributed by atoms with Gasteiger partial charge in [0.1, 0.15) is 5.69 Å².